The van der Waals surface area contributed by atoms with E-state index in [0.717, 1.165) is 0 Å². The van der Waals surface area contributed by atoms with E-state index in [9.17, 15) is 19.7 Å². The van der Waals surface area contributed by atoms with Crippen molar-refractivity contribution in [2.24, 2.45) is 5.92 Å². The number of benzene rings is 2. The van der Waals surface area contributed by atoms with Crippen LogP contribution in [-0.2, 0) is 4.79 Å². The molecule has 0 aliphatic rings. The van der Waals surface area contributed by atoms with Crippen LogP contribution >= 0.6 is 0 Å². The molecule has 0 aromatic heterocycles. The third-order valence-corrected chi connectivity index (χ3v) is 3.55. The molecule has 0 saturated carbocycles. The minimum absolute atomic E-state index is 0.0686. The van der Waals surface area contributed by atoms with Crippen LogP contribution in [-0.4, -0.2) is 23.8 Å². The zero-order valence-corrected chi connectivity index (χ0v) is 14.1. The Kier molecular flexibility index (Phi) is 5.49. The van der Waals surface area contributed by atoms with Gasteiger partial charge in [0.25, 0.3) is 5.69 Å². The van der Waals surface area contributed by atoms with Crippen molar-refractivity contribution in [1.29, 1.82) is 0 Å². The Bertz CT molecular complexity index is 799. The molecule has 0 fully saturated rings. The second-order valence-corrected chi connectivity index (χ2v) is 5.74. The number of hydrogen-bond donors (Lipinski definition) is 0. The van der Waals surface area contributed by atoms with Gasteiger partial charge in [0, 0.05) is 30.8 Å². The number of carbonyl (C=O) groups is 2. The quantitative estimate of drug-likeness (QED) is 0.359. The van der Waals surface area contributed by atoms with Gasteiger partial charge in [0.1, 0.15) is 5.75 Å². The fourth-order valence-electron chi connectivity index (χ4n) is 2.16. The number of amides is 1. The maximum Gasteiger partial charge on any atom is 0.343 e. The van der Waals surface area contributed by atoms with Crippen LogP contribution in [0.1, 0.15) is 24.2 Å². The SMILES string of the molecule is CC(C)C(=O)N(C)c1cccc(C(=O)Oc2ccc([N+](=O)[O-])cc2)c1. The number of rotatable bonds is 5. The number of hydrogen-bond acceptors (Lipinski definition) is 5. The summed E-state index contributed by atoms with van der Waals surface area (Å²) in [6.45, 7) is 3.59. The highest BCUT2D eigenvalue weighted by Gasteiger charge is 2.17. The molecule has 0 saturated heterocycles. The average molecular weight is 342 g/mol. The van der Waals surface area contributed by atoms with Gasteiger partial charge in [-0.05, 0) is 30.3 Å². The van der Waals surface area contributed by atoms with E-state index in [0.29, 0.717) is 5.69 Å². The second-order valence-electron chi connectivity index (χ2n) is 5.74. The van der Waals surface area contributed by atoms with Crippen molar-refractivity contribution in [3.63, 3.8) is 0 Å². The van der Waals surface area contributed by atoms with E-state index < -0.39 is 10.9 Å². The van der Waals surface area contributed by atoms with Gasteiger partial charge in [0.2, 0.25) is 5.91 Å². The predicted octanol–water partition coefficient (Wildman–Crippen LogP) is 3.43. The lowest BCUT2D eigenvalue weighted by Gasteiger charge is -2.20. The maximum atomic E-state index is 12.3. The lowest BCUT2D eigenvalue weighted by Crippen LogP contribution is -2.30. The van der Waals surface area contributed by atoms with E-state index in [-0.39, 0.29) is 28.8 Å². The lowest BCUT2D eigenvalue weighted by atomic mass is 10.1. The Hall–Kier alpha value is -3.22. The first-order valence-corrected chi connectivity index (χ1v) is 7.64. The summed E-state index contributed by atoms with van der Waals surface area (Å²) >= 11 is 0. The number of nitro benzene ring substituents is 1. The number of non-ortho nitro benzene ring substituents is 1. The summed E-state index contributed by atoms with van der Waals surface area (Å²) in [5.41, 5.74) is 0.770. The Morgan fingerprint density at radius 2 is 1.76 bits per heavy atom. The third-order valence-electron chi connectivity index (χ3n) is 3.55. The van der Waals surface area contributed by atoms with Crippen LogP contribution in [0.4, 0.5) is 11.4 Å². The molecule has 2 rings (SSSR count). The fraction of sp³-hybridized carbons (Fsp3) is 0.222. The third kappa shape index (κ3) is 4.41. The minimum atomic E-state index is -0.610. The Balaban J connectivity index is 2.15. The van der Waals surface area contributed by atoms with Crippen LogP contribution in [0.25, 0.3) is 0 Å². The number of ether oxygens (including phenoxy) is 1. The van der Waals surface area contributed by atoms with Gasteiger partial charge in [-0.2, -0.15) is 0 Å². The monoisotopic (exact) mass is 342 g/mol. The highest BCUT2D eigenvalue weighted by molar-refractivity contribution is 5.97. The maximum absolute atomic E-state index is 12.3. The van der Waals surface area contributed by atoms with Gasteiger partial charge in [-0.1, -0.05) is 19.9 Å². The molecule has 0 N–H and O–H groups in total. The van der Waals surface area contributed by atoms with Crippen molar-refractivity contribution in [3.8, 4) is 5.75 Å². The number of nitrogens with zero attached hydrogens (tertiary/aromatic N) is 2. The van der Waals surface area contributed by atoms with Crippen LogP contribution in [0.5, 0.6) is 5.75 Å². The van der Waals surface area contributed by atoms with E-state index in [1.54, 1.807) is 45.2 Å². The molecule has 0 aliphatic heterocycles. The van der Waals surface area contributed by atoms with E-state index in [4.69, 9.17) is 4.74 Å². The molecular formula is C18H18N2O5. The summed E-state index contributed by atoms with van der Waals surface area (Å²) in [5, 5.41) is 10.6. The molecule has 7 heteroatoms. The molecule has 25 heavy (non-hydrogen) atoms. The first-order valence-electron chi connectivity index (χ1n) is 7.64. The van der Waals surface area contributed by atoms with Gasteiger partial charge in [-0.15, -0.1) is 0 Å². The van der Waals surface area contributed by atoms with E-state index in [1.807, 2.05) is 0 Å². The lowest BCUT2D eigenvalue weighted by molar-refractivity contribution is -0.384. The first-order chi connectivity index (χ1) is 11.8. The molecule has 0 spiro atoms. The molecule has 0 radical (unpaired) electrons. The van der Waals surface area contributed by atoms with Crippen molar-refractivity contribution < 1.29 is 19.2 Å². The van der Waals surface area contributed by atoms with Gasteiger partial charge in [0.15, 0.2) is 0 Å². The van der Waals surface area contributed by atoms with Crippen LogP contribution in [0.3, 0.4) is 0 Å². The summed E-state index contributed by atoms with van der Waals surface area (Å²) in [7, 11) is 1.64. The van der Waals surface area contributed by atoms with Crippen LogP contribution in [0, 0.1) is 16.0 Å². The summed E-state index contributed by atoms with van der Waals surface area (Å²) in [5.74, 6) is -0.643. The average Bonchev–Trinajstić information content (AvgIpc) is 2.60. The summed E-state index contributed by atoms with van der Waals surface area (Å²) in [6, 6.07) is 11.7. The topological polar surface area (TPSA) is 89.8 Å². The van der Waals surface area contributed by atoms with Gasteiger partial charge >= 0.3 is 5.97 Å². The van der Waals surface area contributed by atoms with Crippen LogP contribution < -0.4 is 9.64 Å². The molecule has 0 aliphatic carbocycles. The first kappa shape index (κ1) is 18.1. The molecule has 2 aromatic carbocycles. The van der Waals surface area contributed by atoms with Crippen molar-refractivity contribution >= 4 is 23.3 Å². The zero-order chi connectivity index (χ0) is 18.6. The van der Waals surface area contributed by atoms with Gasteiger partial charge in [-0.25, -0.2) is 4.79 Å². The normalized spacial score (nSPS) is 10.4. The van der Waals surface area contributed by atoms with E-state index in [2.05, 4.69) is 0 Å². The van der Waals surface area contributed by atoms with Crippen LogP contribution in [0.2, 0.25) is 0 Å². The highest BCUT2D eigenvalue weighted by Crippen LogP contribution is 2.21. The molecule has 0 unspecified atom stereocenters. The molecule has 1 amide bonds. The minimum Gasteiger partial charge on any atom is -0.423 e. The molecule has 0 heterocycles. The largest absolute Gasteiger partial charge is 0.423 e. The number of anilines is 1. The molecule has 0 bridgehead atoms. The van der Waals surface area contributed by atoms with Crippen molar-refractivity contribution in [2.45, 2.75) is 13.8 Å². The second kappa shape index (κ2) is 7.57. The van der Waals surface area contributed by atoms with Gasteiger partial charge < -0.3 is 9.64 Å². The molecule has 130 valence electrons. The number of carbonyl (C=O) groups excluding carboxylic acids is 2. The van der Waals surface area contributed by atoms with Gasteiger partial charge in [0.05, 0.1) is 10.5 Å². The van der Waals surface area contributed by atoms with Crippen molar-refractivity contribution in [2.75, 3.05) is 11.9 Å². The smallest absolute Gasteiger partial charge is 0.343 e. The van der Waals surface area contributed by atoms with Gasteiger partial charge in [-0.3, -0.25) is 14.9 Å². The molecule has 0 atom stereocenters. The Morgan fingerprint density at radius 3 is 2.32 bits per heavy atom. The fourth-order valence-corrected chi connectivity index (χ4v) is 2.16. The van der Waals surface area contributed by atoms with Crippen molar-refractivity contribution in [3.05, 3.63) is 64.2 Å². The van der Waals surface area contributed by atoms with E-state index in [1.165, 1.54) is 29.2 Å². The van der Waals surface area contributed by atoms with Crippen molar-refractivity contribution in [1.82, 2.24) is 0 Å². The molecule has 2 aromatic rings. The van der Waals surface area contributed by atoms with E-state index >= 15 is 0 Å². The summed E-state index contributed by atoms with van der Waals surface area (Å²) < 4.78 is 5.21. The number of esters is 1. The Morgan fingerprint density at radius 1 is 1.12 bits per heavy atom. The Labute approximate surface area is 145 Å². The molecule has 7 nitrogen and oxygen atoms in total. The summed E-state index contributed by atoms with van der Waals surface area (Å²) in [6.07, 6.45) is 0. The molecular weight excluding hydrogens is 324 g/mol. The summed E-state index contributed by atoms with van der Waals surface area (Å²) in [4.78, 5) is 35.9. The highest BCUT2D eigenvalue weighted by atomic mass is 16.6. The zero-order valence-electron chi connectivity index (χ0n) is 14.1. The predicted molar refractivity (Wildman–Crippen MR) is 92.7 cm³/mol. The van der Waals surface area contributed by atoms with Crippen LogP contribution in [0.15, 0.2) is 48.5 Å². The number of nitro groups is 1. The standard InChI is InChI=1S/C18H18N2O5/c1-12(2)17(21)19(3)15-6-4-5-13(11-15)18(22)25-16-9-7-14(8-10-16)20(23)24/h4-12H,1-3H3.